The van der Waals surface area contributed by atoms with Gasteiger partial charge in [0.1, 0.15) is 6.54 Å². The summed E-state index contributed by atoms with van der Waals surface area (Å²) in [6.07, 6.45) is 0.803. The topological polar surface area (TPSA) is 106 Å². The predicted molar refractivity (Wildman–Crippen MR) is 98.5 cm³/mol. The van der Waals surface area contributed by atoms with Crippen molar-refractivity contribution in [3.05, 3.63) is 69.4 Å². The summed E-state index contributed by atoms with van der Waals surface area (Å²) in [4.78, 5) is 15.1. The Morgan fingerprint density at radius 1 is 1.00 bits per heavy atom. The number of benzene rings is 2. The van der Waals surface area contributed by atoms with Crippen molar-refractivity contribution in [3.63, 3.8) is 0 Å². The molecule has 128 valence electrons. The van der Waals surface area contributed by atoms with Gasteiger partial charge in [-0.1, -0.05) is 22.4 Å². The molecule has 0 atom stereocenters. The Labute approximate surface area is 145 Å². The number of azide groups is 1. The van der Waals surface area contributed by atoms with Crippen LogP contribution in [0.2, 0.25) is 0 Å². The predicted octanol–water partition coefficient (Wildman–Crippen LogP) is 5.51. The average Bonchev–Trinajstić information content (AvgIpc) is 2.65. The quantitative estimate of drug-likeness (QED) is 0.198. The van der Waals surface area contributed by atoms with E-state index < -0.39 is 0 Å². The Balaban J connectivity index is 1.92. The van der Waals surface area contributed by atoms with Gasteiger partial charge in [-0.25, -0.2) is 0 Å². The molecule has 0 aliphatic heterocycles. The number of anilines is 1. The second kappa shape index (κ2) is 9.79. The van der Waals surface area contributed by atoms with E-state index in [4.69, 9.17) is 5.53 Å². The minimum absolute atomic E-state index is 0.162. The van der Waals surface area contributed by atoms with Gasteiger partial charge in [-0.15, -0.1) is 0 Å². The van der Waals surface area contributed by atoms with Crippen molar-refractivity contribution in [2.75, 3.05) is 25.0 Å². The molecular weight excluding hydrogens is 318 g/mol. The van der Waals surface area contributed by atoms with Crippen LogP contribution >= 0.6 is 0 Å². The molecule has 0 fully saturated rings. The highest BCUT2D eigenvalue weighted by Crippen LogP contribution is 2.22. The molecule has 2 rings (SSSR count). The third-order valence-corrected chi connectivity index (χ3v) is 3.57. The number of azo groups is 1. The van der Waals surface area contributed by atoms with Crippen LogP contribution in [0.15, 0.2) is 69.1 Å². The molecule has 0 unspecified atom stereocenters. The summed E-state index contributed by atoms with van der Waals surface area (Å²) >= 11 is 0. The van der Waals surface area contributed by atoms with Crippen molar-refractivity contribution in [3.8, 4) is 0 Å². The van der Waals surface area contributed by atoms with Gasteiger partial charge in [0, 0.05) is 30.7 Å². The summed E-state index contributed by atoms with van der Waals surface area (Å²) in [6, 6.07) is 15.0. The van der Waals surface area contributed by atoms with Crippen LogP contribution in [0.5, 0.6) is 0 Å². The first-order chi connectivity index (χ1) is 12.2. The van der Waals surface area contributed by atoms with Gasteiger partial charge >= 0.3 is 0 Å². The molecule has 0 heterocycles. The summed E-state index contributed by atoms with van der Waals surface area (Å²) in [5.41, 5.74) is 11.6. The third kappa shape index (κ3) is 6.04. The summed E-state index contributed by atoms with van der Waals surface area (Å²) in [5.74, 6) is 0. The van der Waals surface area contributed by atoms with Crippen molar-refractivity contribution < 1.29 is 0 Å². The molecule has 2 aromatic carbocycles. The molecule has 0 bridgehead atoms. The van der Waals surface area contributed by atoms with E-state index in [0.717, 1.165) is 29.9 Å². The second-order valence-corrected chi connectivity index (χ2v) is 5.40. The van der Waals surface area contributed by atoms with E-state index in [0.29, 0.717) is 12.2 Å². The fourth-order valence-electron chi connectivity index (χ4n) is 2.18. The maximum atomic E-state index is 10.2. The van der Waals surface area contributed by atoms with E-state index in [1.807, 2.05) is 43.4 Å². The van der Waals surface area contributed by atoms with E-state index in [-0.39, 0.29) is 6.54 Å². The van der Waals surface area contributed by atoms with Gasteiger partial charge in [0.25, 0.3) is 0 Å². The van der Waals surface area contributed by atoms with Crippen LogP contribution < -0.4 is 4.90 Å². The number of hydrogen-bond donors (Lipinski definition) is 0. The van der Waals surface area contributed by atoms with Crippen LogP contribution in [-0.4, -0.2) is 20.1 Å². The summed E-state index contributed by atoms with van der Waals surface area (Å²) < 4.78 is 0. The minimum atomic E-state index is 0.162. The number of rotatable bonds is 9. The molecule has 0 spiro atoms. The zero-order valence-corrected chi connectivity index (χ0v) is 14.0. The molecule has 2 aromatic rings. The first-order valence-electron chi connectivity index (χ1n) is 7.85. The summed E-state index contributed by atoms with van der Waals surface area (Å²) in [5, 5.41) is 14.8. The Hall–Kier alpha value is -3.25. The van der Waals surface area contributed by atoms with Gasteiger partial charge in [0.2, 0.25) is 0 Å². The molecule has 25 heavy (non-hydrogen) atoms. The molecule has 0 aliphatic carbocycles. The molecule has 8 nitrogen and oxygen atoms in total. The van der Waals surface area contributed by atoms with E-state index in [1.165, 1.54) is 0 Å². The minimum Gasteiger partial charge on any atom is -0.375 e. The second-order valence-electron chi connectivity index (χ2n) is 5.40. The van der Waals surface area contributed by atoms with Crippen LogP contribution in [0, 0.1) is 4.91 Å². The smallest absolute Gasteiger partial charge is 0.106 e. The SMILES string of the molecule is CN(CCCN=[N+]=[N-])c1ccc(N=Nc2ccc(CN=O)cc2)cc1. The fourth-order valence-corrected chi connectivity index (χ4v) is 2.18. The van der Waals surface area contributed by atoms with Gasteiger partial charge in [0.05, 0.1) is 11.4 Å². The number of hydrogen-bond acceptors (Lipinski definition) is 6. The molecule has 8 heteroatoms. The van der Waals surface area contributed by atoms with Gasteiger partial charge < -0.3 is 4.90 Å². The molecule has 0 saturated heterocycles. The van der Waals surface area contributed by atoms with Crippen LogP contribution in [-0.2, 0) is 6.54 Å². The Kier molecular flexibility index (Phi) is 7.09. The lowest BCUT2D eigenvalue weighted by Crippen LogP contribution is -2.18. The highest BCUT2D eigenvalue weighted by atomic mass is 16.3. The highest BCUT2D eigenvalue weighted by Gasteiger charge is 2.00. The molecule has 0 N–H and O–H groups in total. The van der Waals surface area contributed by atoms with Gasteiger partial charge in [-0.3, -0.25) is 0 Å². The van der Waals surface area contributed by atoms with Crippen molar-refractivity contribution in [1.82, 2.24) is 0 Å². The largest absolute Gasteiger partial charge is 0.375 e. The molecule has 0 radical (unpaired) electrons. The van der Waals surface area contributed by atoms with Crippen LogP contribution in [0.25, 0.3) is 10.4 Å². The first kappa shape index (κ1) is 18.1. The molecule has 0 amide bonds. The van der Waals surface area contributed by atoms with Gasteiger partial charge in [-0.05, 0) is 53.9 Å². The lowest BCUT2D eigenvalue weighted by Gasteiger charge is -2.18. The van der Waals surface area contributed by atoms with Crippen molar-refractivity contribution in [2.24, 2.45) is 20.5 Å². The third-order valence-electron chi connectivity index (χ3n) is 3.57. The summed E-state index contributed by atoms with van der Waals surface area (Å²) in [7, 11) is 1.99. The van der Waals surface area contributed by atoms with Crippen LogP contribution in [0.4, 0.5) is 17.1 Å². The standard InChI is InChI=1S/C17H19N7O/c1-24(12-2-11-19-23-18)17-9-7-16(8-10-17)22-21-15-5-3-14(4-6-15)13-20-25/h3-10H,2,11-13H2,1H3. The monoisotopic (exact) mass is 337 g/mol. The van der Waals surface area contributed by atoms with Crippen LogP contribution in [0.3, 0.4) is 0 Å². The van der Waals surface area contributed by atoms with Crippen molar-refractivity contribution in [1.29, 1.82) is 0 Å². The highest BCUT2D eigenvalue weighted by molar-refractivity contribution is 5.52. The van der Waals surface area contributed by atoms with E-state index >= 15 is 0 Å². The Morgan fingerprint density at radius 3 is 2.16 bits per heavy atom. The zero-order chi connectivity index (χ0) is 17.9. The van der Waals surface area contributed by atoms with Crippen molar-refractivity contribution >= 4 is 17.1 Å². The van der Waals surface area contributed by atoms with E-state index in [1.54, 1.807) is 12.1 Å². The maximum Gasteiger partial charge on any atom is 0.106 e. The van der Waals surface area contributed by atoms with Crippen molar-refractivity contribution in [2.45, 2.75) is 13.0 Å². The Bertz CT molecular complexity index is 750. The molecule has 0 saturated carbocycles. The fraction of sp³-hybridized carbons (Fsp3) is 0.294. The lowest BCUT2D eigenvalue weighted by molar-refractivity contribution is 0.792. The molecule has 0 aliphatic rings. The van der Waals surface area contributed by atoms with Gasteiger partial charge in [-0.2, -0.15) is 15.1 Å². The Morgan fingerprint density at radius 2 is 1.60 bits per heavy atom. The average molecular weight is 337 g/mol. The number of nitroso groups, excluding NO2 is 1. The number of nitrogens with zero attached hydrogens (tertiary/aromatic N) is 7. The lowest BCUT2D eigenvalue weighted by atomic mass is 10.2. The molecular formula is C17H19N7O. The van der Waals surface area contributed by atoms with E-state index in [9.17, 15) is 4.91 Å². The maximum absolute atomic E-state index is 10.2. The summed E-state index contributed by atoms with van der Waals surface area (Å²) in [6.45, 7) is 1.46. The van der Waals surface area contributed by atoms with E-state index in [2.05, 4.69) is 30.3 Å². The molecule has 0 aromatic heterocycles. The normalized spacial score (nSPS) is 10.4. The zero-order valence-electron chi connectivity index (χ0n) is 14.0. The van der Waals surface area contributed by atoms with Gasteiger partial charge in [0.15, 0.2) is 0 Å². The van der Waals surface area contributed by atoms with Crippen LogP contribution in [0.1, 0.15) is 12.0 Å². The first-order valence-corrected chi connectivity index (χ1v) is 7.85.